The average molecular weight is 247 g/mol. The van der Waals surface area contributed by atoms with E-state index in [0.717, 1.165) is 43.8 Å². The maximum atomic E-state index is 13.8. The predicted molar refractivity (Wildman–Crippen MR) is 70.2 cm³/mol. The van der Waals surface area contributed by atoms with Crippen molar-refractivity contribution < 1.29 is 4.39 Å². The molecule has 4 heteroatoms. The summed E-state index contributed by atoms with van der Waals surface area (Å²) in [6.45, 7) is 5.00. The van der Waals surface area contributed by atoms with Gasteiger partial charge in [0.2, 0.25) is 0 Å². The van der Waals surface area contributed by atoms with Crippen LogP contribution in [0.2, 0.25) is 0 Å². The fourth-order valence-corrected chi connectivity index (χ4v) is 2.85. The zero-order valence-electron chi connectivity index (χ0n) is 10.6. The summed E-state index contributed by atoms with van der Waals surface area (Å²) in [7, 11) is 0. The van der Waals surface area contributed by atoms with Crippen molar-refractivity contribution in [1.29, 1.82) is 0 Å². The first kappa shape index (κ1) is 11.7. The van der Waals surface area contributed by atoms with Gasteiger partial charge in [-0.25, -0.2) is 9.37 Å². The van der Waals surface area contributed by atoms with E-state index in [9.17, 15) is 4.39 Å². The lowest BCUT2D eigenvalue weighted by Gasteiger charge is -2.22. The largest absolute Gasteiger partial charge is 0.328 e. The lowest BCUT2D eigenvalue weighted by molar-refractivity contribution is 0.434. The number of nitrogens with one attached hydrogen (secondary N) is 1. The summed E-state index contributed by atoms with van der Waals surface area (Å²) in [5.41, 5.74) is 1.44. The molecule has 0 saturated carbocycles. The first-order valence-electron chi connectivity index (χ1n) is 6.66. The van der Waals surface area contributed by atoms with Crippen LogP contribution in [0.5, 0.6) is 0 Å². The van der Waals surface area contributed by atoms with Crippen molar-refractivity contribution in [2.45, 2.75) is 32.2 Å². The molecule has 96 valence electrons. The minimum Gasteiger partial charge on any atom is -0.328 e. The van der Waals surface area contributed by atoms with E-state index in [4.69, 9.17) is 0 Å². The van der Waals surface area contributed by atoms with Crippen molar-refractivity contribution in [3.63, 3.8) is 0 Å². The highest BCUT2D eigenvalue weighted by Crippen LogP contribution is 2.29. The molecule has 1 aromatic carbocycles. The summed E-state index contributed by atoms with van der Waals surface area (Å²) < 4.78 is 16.0. The van der Waals surface area contributed by atoms with Crippen molar-refractivity contribution >= 4 is 11.0 Å². The van der Waals surface area contributed by atoms with Gasteiger partial charge in [0, 0.05) is 12.5 Å². The molecule has 0 unspecified atom stereocenters. The smallest absolute Gasteiger partial charge is 0.151 e. The molecule has 0 radical (unpaired) electrons. The summed E-state index contributed by atoms with van der Waals surface area (Å²) in [6.07, 6.45) is 2.18. The Kier molecular flexibility index (Phi) is 3.04. The summed E-state index contributed by atoms with van der Waals surface area (Å²) >= 11 is 0. The molecular formula is C14H18FN3. The Labute approximate surface area is 106 Å². The third kappa shape index (κ3) is 1.81. The lowest BCUT2D eigenvalue weighted by atomic mass is 9.97. The lowest BCUT2D eigenvalue weighted by Crippen LogP contribution is -2.28. The van der Waals surface area contributed by atoms with Crippen molar-refractivity contribution in [1.82, 2.24) is 14.9 Å². The summed E-state index contributed by atoms with van der Waals surface area (Å²) in [5.74, 6) is 1.30. The second-order valence-corrected chi connectivity index (χ2v) is 4.85. The van der Waals surface area contributed by atoms with Crippen molar-refractivity contribution in [2.24, 2.45) is 0 Å². The number of para-hydroxylation sites is 1. The summed E-state index contributed by atoms with van der Waals surface area (Å²) in [6, 6.07) is 5.21. The number of benzene rings is 1. The summed E-state index contributed by atoms with van der Waals surface area (Å²) in [4.78, 5) is 4.57. The number of hydrogen-bond donors (Lipinski definition) is 1. The Morgan fingerprint density at radius 2 is 2.17 bits per heavy atom. The number of rotatable bonds is 2. The third-order valence-corrected chi connectivity index (χ3v) is 3.78. The van der Waals surface area contributed by atoms with Gasteiger partial charge >= 0.3 is 0 Å². The van der Waals surface area contributed by atoms with Gasteiger partial charge in [0.25, 0.3) is 0 Å². The second-order valence-electron chi connectivity index (χ2n) is 4.85. The molecule has 2 aromatic rings. The first-order chi connectivity index (χ1) is 8.81. The molecule has 3 rings (SSSR count). The SMILES string of the molecule is CCn1c(C2CCNCC2)nc2c(F)cccc21. The van der Waals surface area contributed by atoms with Gasteiger partial charge in [-0.15, -0.1) is 0 Å². The highest BCUT2D eigenvalue weighted by molar-refractivity contribution is 5.76. The molecule has 1 aromatic heterocycles. The zero-order valence-corrected chi connectivity index (χ0v) is 10.6. The van der Waals surface area contributed by atoms with E-state index < -0.39 is 0 Å². The normalized spacial score (nSPS) is 17.4. The van der Waals surface area contributed by atoms with E-state index in [1.165, 1.54) is 6.07 Å². The van der Waals surface area contributed by atoms with Gasteiger partial charge in [0.05, 0.1) is 5.52 Å². The Hall–Kier alpha value is -1.42. The van der Waals surface area contributed by atoms with Gasteiger partial charge in [-0.05, 0) is 45.0 Å². The fraction of sp³-hybridized carbons (Fsp3) is 0.500. The van der Waals surface area contributed by atoms with Crippen LogP contribution in [-0.4, -0.2) is 22.6 Å². The molecular weight excluding hydrogens is 229 g/mol. The van der Waals surface area contributed by atoms with Crippen LogP contribution in [0, 0.1) is 5.82 Å². The van der Waals surface area contributed by atoms with Gasteiger partial charge in [-0.2, -0.15) is 0 Å². The van der Waals surface area contributed by atoms with E-state index in [2.05, 4.69) is 21.8 Å². The molecule has 1 N–H and O–H groups in total. The average Bonchev–Trinajstić information content (AvgIpc) is 2.80. The highest BCUT2D eigenvalue weighted by Gasteiger charge is 2.22. The molecule has 0 amide bonds. The van der Waals surface area contributed by atoms with Gasteiger partial charge in [0.15, 0.2) is 5.82 Å². The van der Waals surface area contributed by atoms with Crippen LogP contribution in [0.3, 0.4) is 0 Å². The highest BCUT2D eigenvalue weighted by atomic mass is 19.1. The van der Waals surface area contributed by atoms with Crippen LogP contribution >= 0.6 is 0 Å². The van der Waals surface area contributed by atoms with Crippen LogP contribution in [0.4, 0.5) is 4.39 Å². The standard InChI is InChI=1S/C14H18FN3/c1-2-18-12-5-3-4-11(15)13(12)17-14(18)10-6-8-16-9-7-10/h3-5,10,16H,2,6-9H2,1H3. The van der Waals surface area contributed by atoms with Crippen molar-refractivity contribution in [3.05, 3.63) is 29.8 Å². The van der Waals surface area contributed by atoms with Crippen LogP contribution in [0.1, 0.15) is 31.5 Å². The van der Waals surface area contributed by atoms with Gasteiger partial charge in [-0.1, -0.05) is 6.07 Å². The number of halogens is 1. The van der Waals surface area contributed by atoms with Crippen LogP contribution < -0.4 is 5.32 Å². The van der Waals surface area contributed by atoms with Crippen molar-refractivity contribution in [3.8, 4) is 0 Å². The van der Waals surface area contributed by atoms with Crippen LogP contribution in [0.25, 0.3) is 11.0 Å². The maximum absolute atomic E-state index is 13.8. The molecule has 18 heavy (non-hydrogen) atoms. The number of piperidine rings is 1. The molecule has 0 aliphatic carbocycles. The Morgan fingerprint density at radius 1 is 1.39 bits per heavy atom. The molecule has 1 aliphatic rings. The van der Waals surface area contributed by atoms with E-state index >= 15 is 0 Å². The van der Waals surface area contributed by atoms with Crippen molar-refractivity contribution in [2.75, 3.05) is 13.1 Å². The molecule has 1 saturated heterocycles. The number of aromatic nitrogens is 2. The van der Waals surface area contributed by atoms with E-state index in [-0.39, 0.29) is 5.82 Å². The quantitative estimate of drug-likeness (QED) is 0.884. The molecule has 0 atom stereocenters. The van der Waals surface area contributed by atoms with E-state index in [0.29, 0.717) is 11.4 Å². The topological polar surface area (TPSA) is 29.9 Å². The molecule has 0 spiro atoms. The van der Waals surface area contributed by atoms with E-state index in [1.54, 1.807) is 6.07 Å². The number of nitrogens with zero attached hydrogens (tertiary/aromatic N) is 2. The summed E-state index contributed by atoms with van der Waals surface area (Å²) in [5, 5.41) is 3.36. The number of aryl methyl sites for hydroxylation is 1. The van der Waals surface area contributed by atoms with Crippen LogP contribution in [0.15, 0.2) is 18.2 Å². The van der Waals surface area contributed by atoms with E-state index in [1.807, 2.05) is 6.07 Å². The molecule has 0 bridgehead atoms. The molecule has 1 aliphatic heterocycles. The predicted octanol–water partition coefficient (Wildman–Crippen LogP) is 2.66. The monoisotopic (exact) mass is 247 g/mol. The Morgan fingerprint density at radius 3 is 2.89 bits per heavy atom. The van der Waals surface area contributed by atoms with Crippen LogP contribution in [-0.2, 0) is 6.54 Å². The van der Waals surface area contributed by atoms with Gasteiger partial charge in [0.1, 0.15) is 11.3 Å². The second kappa shape index (κ2) is 4.69. The number of fused-ring (bicyclic) bond motifs is 1. The molecule has 2 heterocycles. The first-order valence-corrected chi connectivity index (χ1v) is 6.66. The molecule has 1 fully saturated rings. The minimum atomic E-state index is -0.213. The minimum absolute atomic E-state index is 0.213. The number of imidazole rings is 1. The van der Waals surface area contributed by atoms with Gasteiger partial charge in [-0.3, -0.25) is 0 Å². The fourth-order valence-electron chi connectivity index (χ4n) is 2.85. The zero-order chi connectivity index (χ0) is 12.5. The Balaban J connectivity index is 2.13. The number of hydrogen-bond acceptors (Lipinski definition) is 2. The molecule has 3 nitrogen and oxygen atoms in total. The Bertz CT molecular complexity index is 555. The van der Waals surface area contributed by atoms with Gasteiger partial charge < -0.3 is 9.88 Å². The maximum Gasteiger partial charge on any atom is 0.151 e. The third-order valence-electron chi connectivity index (χ3n) is 3.78.